The fraction of sp³-hybridized carbons (Fsp3) is 0.857. The van der Waals surface area contributed by atoms with Crippen molar-refractivity contribution in [2.24, 2.45) is 11.8 Å². The number of ether oxygens (including phenoxy) is 2. The Balaban J connectivity index is 1.84. The van der Waals surface area contributed by atoms with Gasteiger partial charge in [-0.2, -0.15) is 0 Å². The van der Waals surface area contributed by atoms with E-state index in [1.807, 2.05) is 6.08 Å². The third kappa shape index (κ3) is 6.41. The van der Waals surface area contributed by atoms with Crippen LogP contribution in [0.4, 0.5) is 0 Å². The molecular formula is C21H37NO3. The smallest absolute Gasteiger partial charge is 0.216 e. The Hall–Kier alpha value is -0.870. The number of hydrogen-bond acceptors (Lipinski definition) is 3. The van der Waals surface area contributed by atoms with E-state index in [1.54, 1.807) is 6.92 Å². The molecule has 2 saturated heterocycles. The molecule has 25 heavy (non-hydrogen) atoms. The highest BCUT2D eigenvalue weighted by atomic mass is 16.7. The molecule has 0 aliphatic carbocycles. The van der Waals surface area contributed by atoms with Crippen molar-refractivity contribution < 1.29 is 14.3 Å². The number of rotatable bonds is 8. The minimum Gasteiger partial charge on any atom is -0.356 e. The second-order valence-electron chi connectivity index (χ2n) is 8.13. The molecule has 2 heterocycles. The predicted octanol–water partition coefficient (Wildman–Crippen LogP) is 4.59. The molecule has 5 atom stereocenters. The molecule has 2 rings (SSSR count). The van der Waals surface area contributed by atoms with Crippen LogP contribution in [0.5, 0.6) is 0 Å². The molecular weight excluding hydrogens is 314 g/mol. The van der Waals surface area contributed by atoms with E-state index >= 15 is 0 Å². The molecule has 4 heteroatoms. The van der Waals surface area contributed by atoms with Gasteiger partial charge in [-0.3, -0.25) is 4.79 Å². The van der Waals surface area contributed by atoms with Crippen molar-refractivity contribution in [3.63, 3.8) is 0 Å². The number of carbonyl (C=O) groups excluding carboxylic acids is 1. The van der Waals surface area contributed by atoms with Crippen molar-refractivity contribution in [3.05, 3.63) is 12.7 Å². The molecule has 2 fully saturated rings. The molecule has 4 nitrogen and oxygen atoms in total. The van der Waals surface area contributed by atoms with Crippen LogP contribution in [-0.4, -0.2) is 30.4 Å². The van der Waals surface area contributed by atoms with E-state index in [0.717, 1.165) is 51.5 Å². The average molecular weight is 352 g/mol. The van der Waals surface area contributed by atoms with Gasteiger partial charge < -0.3 is 14.8 Å². The Bertz CT molecular complexity index is 439. The van der Waals surface area contributed by atoms with Crippen LogP contribution < -0.4 is 5.32 Å². The first-order chi connectivity index (χ1) is 11.9. The highest BCUT2D eigenvalue weighted by Gasteiger charge is 2.44. The Morgan fingerprint density at radius 1 is 1.32 bits per heavy atom. The van der Waals surface area contributed by atoms with E-state index in [1.165, 1.54) is 12.8 Å². The lowest BCUT2D eigenvalue weighted by atomic mass is 9.85. The normalized spacial score (nSPS) is 33.8. The van der Waals surface area contributed by atoms with Gasteiger partial charge in [0.25, 0.3) is 0 Å². The summed E-state index contributed by atoms with van der Waals surface area (Å²) >= 11 is 0. The minimum absolute atomic E-state index is 0.0429. The average Bonchev–Trinajstić information content (AvgIpc) is 2.59. The molecule has 0 radical (unpaired) electrons. The molecule has 0 aromatic carbocycles. The Morgan fingerprint density at radius 3 is 2.84 bits per heavy atom. The summed E-state index contributed by atoms with van der Waals surface area (Å²) in [5.74, 6) is 0.801. The predicted molar refractivity (Wildman–Crippen MR) is 101 cm³/mol. The molecule has 2 aliphatic heterocycles. The summed E-state index contributed by atoms with van der Waals surface area (Å²) in [5.41, 5.74) is 0. The number of allylic oxidation sites excluding steroid dienone is 1. The van der Waals surface area contributed by atoms with Gasteiger partial charge in [-0.15, -0.1) is 6.58 Å². The van der Waals surface area contributed by atoms with Gasteiger partial charge in [-0.1, -0.05) is 19.9 Å². The highest BCUT2D eigenvalue weighted by Crippen LogP contribution is 2.42. The van der Waals surface area contributed by atoms with E-state index in [0.29, 0.717) is 17.9 Å². The lowest BCUT2D eigenvalue weighted by Crippen LogP contribution is -2.50. The van der Waals surface area contributed by atoms with Crippen molar-refractivity contribution in [2.45, 2.75) is 96.6 Å². The third-order valence-electron chi connectivity index (χ3n) is 5.83. The zero-order valence-electron chi connectivity index (χ0n) is 16.4. The van der Waals surface area contributed by atoms with Crippen LogP contribution in [-0.2, 0) is 14.3 Å². The van der Waals surface area contributed by atoms with Gasteiger partial charge in [0.1, 0.15) is 0 Å². The van der Waals surface area contributed by atoms with E-state index in [2.05, 4.69) is 25.7 Å². The summed E-state index contributed by atoms with van der Waals surface area (Å²) in [5, 5.41) is 2.88. The third-order valence-corrected chi connectivity index (χ3v) is 5.83. The van der Waals surface area contributed by atoms with E-state index in [-0.39, 0.29) is 17.8 Å². The maximum atomic E-state index is 11.0. The van der Waals surface area contributed by atoms with Crippen molar-refractivity contribution in [2.75, 3.05) is 6.54 Å². The second-order valence-corrected chi connectivity index (χ2v) is 8.13. The van der Waals surface area contributed by atoms with Crippen molar-refractivity contribution in [1.29, 1.82) is 0 Å². The van der Waals surface area contributed by atoms with Gasteiger partial charge in [-0.25, -0.2) is 0 Å². The summed E-state index contributed by atoms with van der Waals surface area (Å²) in [6.07, 6.45) is 12.3. The van der Waals surface area contributed by atoms with Crippen molar-refractivity contribution in [1.82, 2.24) is 5.32 Å². The first-order valence-electron chi connectivity index (χ1n) is 10.2. The van der Waals surface area contributed by atoms with Crippen LogP contribution in [0.2, 0.25) is 0 Å². The standard InChI is InChI=1S/C21H37NO3/c1-5-16(2)10-11-19-8-6-13-21(24-19)14-12-17(3)20(25-21)9-7-15-22-18(4)23/h5,16-17,19-20H,1,6-15H2,2-4H3,(H,22,23)/t16-,17?,19+,20-,21+/m1/s1. The summed E-state index contributed by atoms with van der Waals surface area (Å²) in [6.45, 7) is 10.7. The first kappa shape index (κ1) is 20.4. The van der Waals surface area contributed by atoms with Gasteiger partial charge in [0.2, 0.25) is 5.91 Å². The molecule has 1 unspecified atom stereocenters. The molecule has 1 amide bonds. The van der Waals surface area contributed by atoms with Crippen molar-refractivity contribution in [3.8, 4) is 0 Å². The lowest BCUT2D eigenvalue weighted by molar-refractivity contribution is -0.324. The fourth-order valence-electron chi connectivity index (χ4n) is 4.06. The van der Waals surface area contributed by atoms with Gasteiger partial charge in [-0.05, 0) is 56.8 Å². The number of carbonyl (C=O) groups is 1. The number of hydrogen-bond donors (Lipinski definition) is 1. The van der Waals surface area contributed by atoms with E-state index in [9.17, 15) is 4.79 Å². The molecule has 144 valence electrons. The Morgan fingerprint density at radius 2 is 2.12 bits per heavy atom. The maximum absolute atomic E-state index is 11.0. The summed E-state index contributed by atoms with van der Waals surface area (Å²) in [6, 6.07) is 0. The zero-order chi connectivity index (χ0) is 18.3. The molecule has 0 aromatic heterocycles. The van der Waals surface area contributed by atoms with Gasteiger partial charge in [0.15, 0.2) is 5.79 Å². The molecule has 2 aliphatic rings. The lowest BCUT2D eigenvalue weighted by Gasteiger charge is -2.48. The van der Waals surface area contributed by atoms with Gasteiger partial charge >= 0.3 is 0 Å². The minimum atomic E-state index is -0.356. The van der Waals surface area contributed by atoms with Gasteiger partial charge in [0, 0.05) is 26.3 Å². The van der Waals surface area contributed by atoms with Crippen LogP contribution in [0.15, 0.2) is 12.7 Å². The topological polar surface area (TPSA) is 47.6 Å². The summed E-state index contributed by atoms with van der Waals surface area (Å²) < 4.78 is 13.0. The SMILES string of the molecule is C=C[C@@H](C)CC[C@@H]1CCC[C@]2(CCC(C)[C@@H](CCCNC(C)=O)O2)O1. The number of nitrogens with one attached hydrogen (secondary N) is 1. The maximum Gasteiger partial charge on any atom is 0.216 e. The molecule has 0 bridgehead atoms. The van der Waals surface area contributed by atoms with E-state index < -0.39 is 0 Å². The Labute approximate surface area is 153 Å². The first-order valence-corrected chi connectivity index (χ1v) is 10.2. The summed E-state index contributed by atoms with van der Waals surface area (Å²) in [4.78, 5) is 11.0. The summed E-state index contributed by atoms with van der Waals surface area (Å²) in [7, 11) is 0. The molecule has 0 aromatic rings. The molecule has 1 spiro atoms. The highest BCUT2D eigenvalue weighted by molar-refractivity contribution is 5.72. The zero-order valence-corrected chi connectivity index (χ0v) is 16.4. The monoisotopic (exact) mass is 351 g/mol. The number of amides is 1. The van der Waals surface area contributed by atoms with Gasteiger partial charge in [0.05, 0.1) is 12.2 Å². The van der Waals surface area contributed by atoms with Crippen LogP contribution in [0, 0.1) is 11.8 Å². The largest absolute Gasteiger partial charge is 0.356 e. The fourth-order valence-corrected chi connectivity index (χ4v) is 4.06. The van der Waals surface area contributed by atoms with E-state index in [4.69, 9.17) is 9.47 Å². The van der Waals surface area contributed by atoms with Crippen molar-refractivity contribution >= 4 is 5.91 Å². The molecule has 0 saturated carbocycles. The Kier molecular flexibility index (Phi) is 7.95. The molecule has 1 N–H and O–H groups in total. The van der Waals surface area contributed by atoms with Crippen LogP contribution in [0.3, 0.4) is 0 Å². The quantitative estimate of drug-likeness (QED) is 0.514. The van der Waals surface area contributed by atoms with Crippen LogP contribution >= 0.6 is 0 Å². The second kappa shape index (κ2) is 9.72. The van der Waals surface area contributed by atoms with Crippen LogP contribution in [0.1, 0.15) is 78.6 Å². The van der Waals surface area contributed by atoms with Crippen LogP contribution in [0.25, 0.3) is 0 Å².